The number of halogens is 1. The highest BCUT2D eigenvalue weighted by Crippen LogP contribution is 2.38. The van der Waals surface area contributed by atoms with Crippen molar-refractivity contribution in [2.24, 2.45) is 0 Å². The van der Waals surface area contributed by atoms with Crippen molar-refractivity contribution < 1.29 is 28.6 Å². The molecule has 0 bridgehead atoms. The van der Waals surface area contributed by atoms with Gasteiger partial charge in [-0.1, -0.05) is 18.2 Å². The number of hydrogen-bond donors (Lipinski definition) is 1. The van der Waals surface area contributed by atoms with Crippen LogP contribution in [0.3, 0.4) is 0 Å². The quantitative estimate of drug-likeness (QED) is 0.807. The molecule has 2 rings (SSSR count). The van der Waals surface area contributed by atoms with E-state index in [9.17, 15) is 19.1 Å². The number of amides is 1. The third kappa shape index (κ3) is 3.11. The number of carbonyl (C=O) groups is 2. The van der Waals surface area contributed by atoms with Gasteiger partial charge < -0.3 is 19.5 Å². The summed E-state index contributed by atoms with van der Waals surface area (Å²) in [6.07, 6.45) is -0.771. The van der Waals surface area contributed by atoms with Gasteiger partial charge in [0.05, 0.1) is 18.2 Å². The number of aliphatic hydroxyl groups excluding tert-OH is 1. The third-order valence-corrected chi connectivity index (χ3v) is 3.75. The molecule has 1 heterocycles. The van der Waals surface area contributed by atoms with Gasteiger partial charge >= 0.3 is 0 Å². The van der Waals surface area contributed by atoms with Crippen LogP contribution < -0.4 is 0 Å². The van der Waals surface area contributed by atoms with Gasteiger partial charge in [0.15, 0.2) is 17.8 Å². The minimum atomic E-state index is -1.02. The standard InChI is InChI=1S/C16H18FNO5/c1-9(19)13-14(10-6-4-5-7-11(10)17)18(16(21)15(13)20)8-12(22-2)23-3/h4-7,12,14,20H,8H2,1-3H3/t14-/m0/s1. The highest BCUT2D eigenvalue weighted by Gasteiger charge is 2.44. The van der Waals surface area contributed by atoms with Crippen LogP contribution in [-0.2, 0) is 19.1 Å². The molecule has 1 aromatic carbocycles. The molecule has 124 valence electrons. The molecule has 0 unspecified atom stereocenters. The number of aliphatic hydroxyl groups is 1. The van der Waals surface area contributed by atoms with Gasteiger partial charge in [0.1, 0.15) is 5.82 Å². The predicted molar refractivity (Wildman–Crippen MR) is 79.0 cm³/mol. The molecule has 0 aliphatic carbocycles. The maximum absolute atomic E-state index is 14.2. The Morgan fingerprint density at radius 1 is 1.35 bits per heavy atom. The van der Waals surface area contributed by atoms with Crippen LogP contribution in [0.5, 0.6) is 0 Å². The van der Waals surface area contributed by atoms with Crippen LogP contribution in [0.2, 0.25) is 0 Å². The third-order valence-electron chi connectivity index (χ3n) is 3.75. The lowest BCUT2D eigenvalue weighted by molar-refractivity contribution is -0.144. The molecule has 0 saturated carbocycles. The molecule has 0 spiro atoms. The van der Waals surface area contributed by atoms with E-state index < -0.39 is 35.6 Å². The van der Waals surface area contributed by atoms with Crippen LogP contribution >= 0.6 is 0 Å². The molecule has 1 aromatic rings. The Bertz CT molecular complexity index is 654. The summed E-state index contributed by atoms with van der Waals surface area (Å²) in [5, 5.41) is 10.0. The minimum Gasteiger partial charge on any atom is -0.503 e. The van der Waals surface area contributed by atoms with Gasteiger partial charge in [-0.15, -0.1) is 0 Å². The molecule has 1 N–H and O–H groups in total. The summed E-state index contributed by atoms with van der Waals surface area (Å²) in [4.78, 5) is 25.4. The first-order valence-corrected chi connectivity index (χ1v) is 6.97. The summed E-state index contributed by atoms with van der Waals surface area (Å²) < 4.78 is 24.3. The van der Waals surface area contributed by atoms with E-state index in [0.717, 1.165) is 0 Å². The average molecular weight is 323 g/mol. The molecule has 6 nitrogen and oxygen atoms in total. The van der Waals surface area contributed by atoms with Crippen LogP contribution in [0, 0.1) is 5.82 Å². The summed E-state index contributed by atoms with van der Waals surface area (Å²) in [5.74, 6) is -2.51. The zero-order chi connectivity index (χ0) is 17.1. The first-order valence-electron chi connectivity index (χ1n) is 6.97. The molecular weight excluding hydrogens is 305 g/mol. The van der Waals surface area contributed by atoms with Crippen molar-refractivity contribution in [3.8, 4) is 0 Å². The van der Waals surface area contributed by atoms with E-state index in [1.807, 2.05) is 0 Å². The number of Topliss-reactive ketones (excluding diaryl/α,β-unsaturated/α-hetero) is 1. The molecule has 0 radical (unpaired) electrons. The second-order valence-electron chi connectivity index (χ2n) is 5.10. The van der Waals surface area contributed by atoms with Crippen LogP contribution in [0.25, 0.3) is 0 Å². The largest absolute Gasteiger partial charge is 0.503 e. The highest BCUT2D eigenvalue weighted by molar-refractivity contribution is 6.08. The topological polar surface area (TPSA) is 76.1 Å². The fourth-order valence-corrected chi connectivity index (χ4v) is 2.63. The molecule has 23 heavy (non-hydrogen) atoms. The lowest BCUT2D eigenvalue weighted by Gasteiger charge is -2.29. The second-order valence-corrected chi connectivity index (χ2v) is 5.10. The number of methoxy groups -OCH3 is 2. The van der Waals surface area contributed by atoms with Gasteiger partial charge in [0.2, 0.25) is 0 Å². The highest BCUT2D eigenvalue weighted by atomic mass is 19.1. The van der Waals surface area contributed by atoms with Crippen molar-refractivity contribution in [3.05, 3.63) is 47.0 Å². The molecule has 0 fully saturated rings. The van der Waals surface area contributed by atoms with Gasteiger partial charge in [-0.3, -0.25) is 9.59 Å². The Labute approximate surface area is 133 Å². The number of carbonyl (C=O) groups excluding carboxylic acids is 2. The average Bonchev–Trinajstić information content (AvgIpc) is 2.77. The SMILES string of the molecule is COC(CN1C(=O)C(O)=C(C(C)=O)[C@@H]1c1ccccc1F)OC. The number of ketones is 1. The number of rotatable bonds is 6. The molecule has 1 aliphatic rings. The first kappa shape index (κ1) is 17.1. The molecule has 1 amide bonds. The van der Waals surface area contributed by atoms with Crippen molar-refractivity contribution in [1.29, 1.82) is 0 Å². The molecular formula is C16H18FNO5. The van der Waals surface area contributed by atoms with E-state index in [4.69, 9.17) is 9.47 Å². The fraction of sp³-hybridized carbons (Fsp3) is 0.375. The van der Waals surface area contributed by atoms with Gasteiger partial charge in [-0.25, -0.2) is 4.39 Å². The fourth-order valence-electron chi connectivity index (χ4n) is 2.63. The Morgan fingerprint density at radius 3 is 2.48 bits per heavy atom. The van der Waals surface area contributed by atoms with E-state index in [1.54, 1.807) is 6.07 Å². The normalized spacial score (nSPS) is 18.2. The smallest absolute Gasteiger partial charge is 0.290 e. The summed E-state index contributed by atoms with van der Waals surface area (Å²) >= 11 is 0. The van der Waals surface area contributed by atoms with Crippen molar-refractivity contribution in [1.82, 2.24) is 4.90 Å². The second kappa shape index (κ2) is 6.89. The van der Waals surface area contributed by atoms with E-state index >= 15 is 0 Å². The summed E-state index contributed by atoms with van der Waals surface area (Å²) in [7, 11) is 2.79. The lowest BCUT2D eigenvalue weighted by Crippen LogP contribution is -2.39. The Hall–Kier alpha value is -2.25. The van der Waals surface area contributed by atoms with Gasteiger partial charge in [-0.2, -0.15) is 0 Å². The monoisotopic (exact) mass is 323 g/mol. The van der Waals surface area contributed by atoms with Crippen molar-refractivity contribution in [2.45, 2.75) is 19.3 Å². The van der Waals surface area contributed by atoms with Gasteiger partial charge in [0, 0.05) is 19.8 Å². The Kier molecular flexibility index (Phi) is 5.12. The first-order chi connectivity index (χ1) is 10.9. The minimum absolute atomic E-state index is 0.0638. The molecule has 1 aliphatic heterocycles. The van der Waals surface area contributed by atoms with Crippen LogP contribution in [-0.4, -0.2) is 48.8 Å². The van der Waals surface area contributed by atoms with E-state index in [2.05, 4.69) is 0 Å². The maximum atomic E-state index is 14.2. The number of hydrogen-bond acceptors (Lipinski definition) is 5. The van der Waals surface area contributed by atoms with E-state index in [-0.39, 0.29) is 17.7 Å². The zero-order valence-electron chi connectivity index (χ0n) is 13.1. The Morgan fingerprint density at radius 2 is 1.96 bits per heavy atom. The molecule has 7 heteroatoms. The van der Waals surface area contributed by atoms with E-state index in [1.165, 1.54) is 44.2 Å². The molecule has 0 aromatic heterocycles. The number of benzene rings is 1. The maximum Gasteiger partial charge on any atom is 0.290 e. The number of ether oxygens (including phenoxy) is 2. The van der Waals surface area contributed by atoms with Crippen LogP contribution in [0.1, 0.15) is 18.5 Å². The van der Waals surface area contributed by atoms with E-state index in [0.29, 0.717) is 0 Å². The van der Waals surface area contributed by atoms with Crippen molar-refractivity contribution >= 4 is 11.7 Å². The predicted octanol–water partition coefficient (Wildman–Crippen LogP) is 1.73. The van der Waals surface area contributed by atoms with Gasteiger partial charge in [0.25, 0.3) is 5.91 Å². The summed E-state index contributed by atoms with van der Waals surface area (Å²) in [6.45, 7) is 1.16. The molecule has 0 saturated heterocycles. The van der Waals surface area contributed by atoms with Crippen LogP contribution in [0.15, 0.2) is 35.6 Å². The number of nitrogens with zero attached hydrogens (tertiary/aromatic N) is 1. The summed E-state index contributed by atoms with van der Waals surface area (Å²) in [6, 6.07) is 4.78. The summed E-state index contributed by atoms with van der Waals surface area (Å²) in [5.41, 5.74) is -0.00730. The van der Waals surface area contributed by atoms with Crippen molar-refractivity contribution in [2.75, 3.05) is 20.8 Å². The Balaban J connectivity index is 2.51. The van der Waals surface area contributed by atoms with Gasteiger partial charge in [-0.05, 0) is 13.0 Å². The van der Waals surface area contributed by atoms with Crippen LogP contribution in [0.4, 0.5) is 4.39 Å². The lowest BCUT2D eigenvalue weighted by atomic mass is 9.96. The van der Waals surface area contributed by atoms with Crippen molar-refractivity contribution in [3.63, 3.8) is 0 Å². The zero-order valence-corrected chi connectivity index (χ0v) is 13.1. The molecule has 1 atom stereocenters.